The minimum atomic E-state index is -0.1000. The first-order chi connectivity index (χ1) is 10.1. The van der Waals surface area contributed by atoms with Crippen molar-refractivity contribution in [3.8, 4) is 0 Å². The van der Waals surface area contributed by atoms with Crippen LogP contribution in [0.1, 0.15) is 31.7 Å². The van der Waals surface area contributed by atoms with E-state index in [1.807, 2.05) is 11.9 Å². The maximum absolute atomic E-state index is 12.4. The molecule has 0 aromatic heterocycles. The number of nitrogens with zero attached hydrogens (tertiary/aromatic N) is 1. The molecular weight excluding hydrogens is 282 g/mol. The van der Waals surface area contributed by atoms with E-state index >= 15 is 0 Å². The molecule has 1 fully saturated rings. The van der Waals surface area contributed by atoms with Gasteiger partial charge in [-0.1, -0.05) is 25.5 Å². The SMILES string of the molecule is CCCC1CC(C(=O)N(C)Cc2ccc(SC)cc2)NN1. The Balaban J connectivity index is 1.87. The zero-order chi connectivity index (χ0) is 15.2. The number of likely N-dealkylation sites (N-methyl/N-ethyl adjacent to an activating group) is 1. The molecule has 1 heterocycles. The van der Waals surface area contributed by atoms with Crippen LogP contribution < -0.4 is 10.9 Å². The molecule has 1 aliphatic rings. The number of hydrogen-bond acceptors (Lipinski definition) is 4. The average molecular weight is 307 g/mol. The number of carbonyl (C=O) groups excluding carboxylic acids is 1. The fourth-order valence-corrected chi connectivity index (χ4v) is 3.08. The fraction of sp³-hybridized carbons (Fsp3) is 0.562. The van der Waals surface area contributed by atoms with Gasteiger partial charge < -0.3 is 4.90 Å². The van der Waals surface area contributed by atoms with Gasteiger partial charge in [-0.25, -0.2) is 5.43 Å². The molecule has 0 saturated carbocycles. The summed E-state index contributed by atoms with van der Waals surface area (Å²) in [6.07, 6.45) is 5.19. The van der Waals surface area contributed by atoms with Crippen molar-refractivity contribution < 1.29 is 4.79 Å². The molecule has 1 amide bonds. The van der Waals surface area contributed by atoms with Crippen LogP contribution in [0.25, 0.3) is 0 Å². The lowest BCUT2D eigenvalue weighted by molar-refractivity contribution is -0.132. The van der Waals surface area contributed by atoms with E-state index in [0.717, 1.165) is 19.3 Å². The van der Waals surface area contributed by atoms with Gasteiger partial charge in [0, 0.05) is 24.5 Å². The summed E-state index contributed by atoms with van der Waals surface area (Å²) in [5, 5.41) is 0. The third kappa shape index (κ3) is 4.46. The van der Waals surface area contributed by atoms with E-state index in [1.165, 1.54) is 10.5 Å². The molecule has 2 rings (SSSR count). The molecule has 1 aromatic rings. The van der Waals surface area contributed by atoms with Crippen LogP contribution in [0.4, 0.5) is 0 Å². The second-order valence-electron chi connectivity index (χ2n) is 5.60. The van der Waals surface area contributed by atoms with Crippen LogP contribution in [0.2, 0.25) is 0 Å². The van der Waals surface area contributed by atoms with E-state index in [-0.39, 0.29) is 11.9 Å². The molecule has 5 heteroatoms. The van der Waals surface area contributed by atoms with Gasteiger partial charge >= 0.3 is 0 Å². The molecule has 4 nitrogen and oxygen atoms in total. The molecule has 21 heavy (non-hydrogen) atoms. The highest BCUT2D eigenvalue weighted by Gasteiger charge is 2.30. The zero-order valence-electron chi connectivity index (χ0n) is 13.1. The first kappa shape index (κ1) is 16.3. The summed E-state index contributed by atoms with van der Waals surface area (Å²) < 4.78 is 0. The lowest BCUT2D eigenvalue weighted by Crippen LogP contribution is -2.43. The van der Waals surface area contributed by atoms with E-state index in [9.17, 15) is 4.79 Å². The first-order valence-electron chi connectivity index (χ1n) is 7.53. The molecule has 2 N–H and O–H groups in total. The van der Waals surface area contributed by atoms with Gasteiger partial charge in [0.25, 0.3) is 0 Å². The lowest BCUT2D eigenvalue weighted by atomic mass is 10.1. The summed E-state index contributed by atoms with van der Waals surface area (Å²) in [5.41, 5.74) is 7.52. The molecule has 0 radical (unpaired) electrons. The largest absolute Gasteiger partial charge is 0.340 e. The second kappa shape index (κ2) is 7.82. The van der Waals surface area contributed by atoms with Crippen LogP contribution >= 0.6 is 11.8 Å². The molecule has 2 atom stereocenters. The van der Waals surface area contributed by atoms with Crippen molar-refractivity contribution >= 4 is 17.7 Å². The number of benzene rings is 1. The molecule has 2 unspecified atom stereocenters. The highest BCUT2D eigenvalue weighted by molar-refractivity contribution is 7.98. The molecule has 0 bridgehead atoms. The number of rotatable bonds is 6. The highest BCUT2D eigenvalue weighted by Crippen LogP contribution is 2.17. The van der Waals surface area contributed by atoms with E-state index in [0.29, 0.717) is 12.6 Å². The number of carbonyl (C=O) groups is 1. The standard InChI is InChI=1S/C16H25N3OS/c1-4-5-13-10-15(18-17-13)16(20)19(2)11-12-6-8-14(21-3)9-7-12/h6-9,13,15,17-18H,4-5,10-11H2,1-3H3. The molecule has 0 spiro atoms. The van der Waals surface area contributed by atoms with Crippen molar-refractivity contribution in [3.05, 3.63) is 29.8 Å². The molecule has 0 aliphatic carbocycles. The Morgan fingerprint density at radius 2 is 2.05 bits per heavy atom. The summed E-state index contributed by atoms with van der Waals surface area (Å²) in [4.78, 5) is 15.5. The smallest absolute Gasteiger partial charge is 0.241 e. The Labute approximate surface area is 131 Å². The fourth-order valence-electron chi connectivity index (χ4n) is 2.67. The summed E-state index contributed by atoms with van der Waals surface area (Å²) in [7, 11) is 1.87. The Morgan fingerprint density at radius 3 is 2.67 bits per heavy atom. The Morgan fingerprint density at radius 1 is 1.33 bits per heavy atom. The van der Waals surface area contributed by atoms with Crippen molar-refractivity contribution in [1.29, 1.82) is 0 Å². The maximum Gasteiger partial charge on any atom is 0.241 e. The van der Waals surface area contributed by atoms with E-state index in [2.05, 4.69) is 48.3 Å². The quantitative estimate of drug-likeness (QED) is 0.792. The van der Waals surface area contributed by atoms with E-state index in [1.54, 1.807) is 11.8 Å². The van der Waals surface area contributed by atoms with Crippen LogP contribution in [-0.2, 0) is 11.3 Å². The van der Waals surface area contributed by atoms with Crippen LogP contribution in [0.15, 0.2) is 29.2 Å². The Kier molecular flexibility index (Phi) is 6.08. The van der Waals surface area contributed by atoms with Crippen molar-refractivity contribution in [2.75, 3.05) is 13.3 Å². The van der Waals surface area contributed by atoms with Gasteiger partial charge in [0.2, 0.25) is 5.91 Å². The van der Waals surface area contributed by atoms with Crippen LogP contribution in [0.3, 0.4) is 0 Å². The van der Waals surface area contributed by atoms with Crippen molar-refractivity contribution in [1.82, 2.24) is 15.8 Å². The van der Waals surface area contributed by atoms with Crippen molar-refractivity contribution in [2.24, 2.45) is 0 Å². The first-order valence-corrected chi connectivity index (χ1v) is 8.75. The van der Waals surface area contributed by atoms with Gasteiger partial charge in [-0.3, -0.25) is 10.2 Å². The van der Waals surface area contributed by atoms with Gasteiger partial charge in [0.05, 0.1) is 0 Å². The third-order valence-corrected chi connectivity index (χ3v) is 4.62. The number of amides is 1. The molecule has 116 valence electrons. The van der Waals surface area contributed by atoms with Gasteiger partial charge in [-0.05, 0) is 36.8 Å². The Hall–Kier alpha value is -1.04. The summed E-state index contributed by atoms with van der Waals surface area (Å²) >= 11 is 1.73. The molecule has 1 aliphatic heterocycles. The third-order valence-electron chi connectivity index (χ3n) is 3.87. The van der Waals surface area contributed by atoms with Crippen molar-refractivity contribution in [2.45, 2.75) is 49.7 Å². The van der Waals surface area contributed by atoms with Gasteiger partial charge in [0.15, 0.2) is 0 Å². The van der Waals surface area contributed by atoms with Crippen LogP contribution in [-0.4, -0.2) is 36.2 Å². The molecule has 1 saturated heterocycles. The number of thioether (sulfide) groups is 1. The van der Waals surface area contributed by atoms with Gasteiger partial charge in [0.1, 0.15) is 6.04 Å². The second-order valence-corrected chi connectivity index (χ2v) is 6.48. The van der Waals surface area contributed by atoms with Crippen molar-refractivity contribution in [3.63, 3.8) is 0 Å². The lowest BCUT2D eigenvalue weighted by Gasteiger charge is -2.21. The minimum absolute atomic E-state index is 0.1000. The average Bonchev–Trinajstić information content (AvgIpc) is 2.96. The van der Waals surface area contributed by atoms with Crippen LogP contribution in [0, 0.1) is 0 Å². The monoisotopic (exact) mass is 307 g/mol. The normalized spacial score (nSPS) is 21.5. The van der Waals surface area contributed by atoms with E-state index < -0.39 is 0 Å². The molecular formula is C16H25N3OS. The number of hydrogen-bond donors (Lipinski definition) is 2. The van der Waals surface area contributed by atoms with Gasteiger partial charge in [-0.2, -0.15) is 0 Å². The predicted molar refractivity (Wildman–Crippen MR) is 88.1 cm³/mol. The predicted octanol–water partition coefficient (Wildman–Crippen LogP) is 2.40. The summed E-state index contributed by atoms with van der Waals surface area (Å²) in [6, 6.07) is 8.71. The van der Waals surface area contributed by atoms with Crippen LogP contribution in [0.5, 0.6) is 0 Å². The molecule has 1 aromatic carbocycles. The summed E-state index contributed by atoms with van der Waals surface area (Å²) in [5.74, 6) is 0.162. The maximum atomic E-state index is 12.4. The number of hydrazine groups is 1. The topological polar surface area (TPSA) is 44.4 Å². The van der Waals surface area contributed by atoms with E-state index in [4.69, 9.17) is 0 Å². The number of nitrogens with one attached hydrogen (secondary N) is 2. The van der Waals surface area contributed by atoms with Gasteiger partial charge in [-0.15, -0.1) is 11.8 Å². The summed E-state index contributed by atoms with van der Waals surface area (Å²) in [6.45, 7) is 2.82. The Bertz CT molecular complexity index is 463. The highest BCUT2D eigenvalue weighted by atomic mass is 32.2. The zero-order valence-corrected chi connectivity index (χ0v) is 13.9. The minimum Gasteiger partial charge on any atom is -0.340 e.